The van der Waals surface area contributed by atoms with E-state index in [0.29, 0.717) is 5.56 Å². The van der Waals surface area contributed by atoms with Crippen molar-refractivity contribution >= 4 is 5.91 Å². The van der Waals surface area contributed by atoms with Gasteiger partial charge in [0.25, 0.3) is 0 Å². The summed E-state index contributed by atoms with van der Waals surface area (Å²) in [4.78, 5) is 11.0. The Bertz CT molecular complexity index is 405. The van der Waals surface area contributed by atoms with Crippen LogP contribution in [0.25, 0.3) is 0 Å². The molecule has 1 aromatic carbocycles. The Kier molecular flexibility index (Phi) is 5.82. The zero-order valence-corrected chi connectivity index (χ0v) is 11.1. The Balaban J connectivity index is 2.46. The molecule has 4 heteroatoms. The van der Waals surface area contributed by atoms with Crippen LogP contribution in [-0.4, -0.2) is 23.7 Å². The highest BCUT2D eigenvalue weighted by molar-refractivity contribution is 5.93. The molecule has 0 bridgehead atoms. The van der Waals surface area contributed by atoms with Crippen molar-refractivity contribution in [2.75, 3.05) is 6.54 Å². The number of nitrogens with one attached hydrogen (secondary N) is 1. The van der Waals surface area contributed by atoms with Crippen molar-refractivity contribution in [3.8, 4) is 0 Å². The van der Waals surface area contributed by atoms with E-state index >= 15 is 0 Å². The second-order valence-corrected chi connectivity index (χ2v) is 4.53. The van der Waals surface area contributed by atoms with Crippen molar-refractivity contribution in [3.05, 3.63) is 34.9 Å². The first kappa shape index (κ1) is 14.7. The molecule has 0 saturated heterocycles. The Morgan fingerprint density at radius 2 is 2.22 bits per heavy atom. The van der Waals surface area contributed by atoms with Gasteiger partial charge in [-0.25, -0.2) is 0 Å². The molecular weight excluding hydrogens is 228 g/mol. The lowest BCUT2D eigenvalue weighted by Gasteiger charge is -2.11. The van der Waals surface area contributed by atoms with Gasteiger partial charge in [-0.3, -0.25) is 4.79 Å². The molecular formula is C14H22N2O2. The molecule has 0 aromatic heterocycles. The number of carbonyl (C=O) groups excluding carboxylic acids is 1. The predicted molar refractivity (Wildman–Crippen MR) is 72.3 cm³/mol. The maximum Gasteiger partial charge on any atom is 0.248 e. The third-order valence-corrected chi connectivity index (χ3v) is 3.07. The zero-order valence-electron chi connectivity index (χ0n) is 11.1. The van der Waals surface area contributed by atoms with E-state index in [2.05, 4.69) is 5.32 Å². The molecule has 18 heavy (non-hydrogen) atoms. The molecule has 1 amide bonds. The van der Waals surface area contributed by atoms with Gasteiger partial charge in [0.1, 0.15) is 0 Å². The fourth-order valence-electron chi connectivity index (χ4n) is 1.74. The Morgan fingerprint density at radius 1 is 1.50 bits per heavy atom. The summed E-state index contributed by atoms with van der Waals surface area (Å²) in [5.41, 5.74) is 7.96. The molecule has 0 fully saturated rings. The summed E-state index contributed by atoms with van der Waals surface area (Å²) < 4.78 is 0. The summed E-state index contributed by atoms with van der Waals surface area (Å²) in [5.74, 6) is -0.399. The third kappa shape index (κ3) is 4.47. The number of aliphatic hydroxyl groups excluding tert-OH is 1. The van der Waals surface area contributed by atoms with Crippen LogP contribution in [0.3, 0.4) is 0 Å². The number of rotatable bonds is 7. The number of hydrogen-bond acceptors (Lipinski definition) is 3. The van der Waals surface area contributed by atoms with E-state index in [1.165, 1.54) is 0 Å². The minimum atomic E-state index is -0.399. The fraction of sp³-hybridized carbons (Fsp3) is 0.500. The van der Waals surface area contributed by atoms with E-state index in [1.807, 2.05) is 19.9 Å². The number of aliphatic hydroxyl groups is 1. The van der Waals surface area contributed by atoms with E-state index in [0.717, 1.165) is 37.1 Å². The van der Waals surface area contributed by atoms with E-state index < -0.39 is 5.91 Å². The number of carbonyl (C=O) groups is 1. The first-order valence-electron chi connectivity index (χ1n) is 6.32. The summed E-state index contributed by atoms with van der Waals surface area (Å²) in [5, 5.41) is 12.7. The molecule has 0 saturated carbocycles. The summed E-state index contributed by atoms with van der Waals surface area (Å²) in [6, 6.07) is 5.46. The summed E-state index contributed by atoms with van der Waals surface area (Å²) >= 11 is 0. The molecule has 0 radical (unpaired) electrons. The second kappa shape index (κ2) is 7.13. The topological polar surface area (TPSA) is 75.3 Å². The lowest BCUT2D eigenvalue weighted by atomic mass is 10.0. The van der Waals surface area contributed by atoms with Gasteiger partial charge >= 0.3 is 0 Å². The van der Waals surface area contributed by atoms with Crippen LogP contribution < -0.4 is 11.1 Å². The number of aryl methyl sites for hydroxylation is 1. The van der Waals surface area contributed by atoms with Crippen molar-refractivity contribution in [2.24, 2.45) is 5.73 Å². The predicted octanol–water partition coefficient (Wildman–Crippen LogP) is 1.34. The van der Waals surface area contributed by atoms with Crippen LogP contribution in [0.15, 0.2) is 18.2 Å². The average molecular weight is 250 g/mol. The normalized spacial score (nSPS) is 12.4. The molecule has 1 rings (SSSR count). The smallest absolute Gasteiger partial charge is 0.248 e. The van der Waals surface area contributed by atoms with Gasteiger partial charge < -0.3 is 16.2 Å². The molecule has 1 atom stereocenters. The Morgan fingerprint density at radius 3 is 2.78 bits per heavy atom. The first-order chi connectivity index (χ1) is 8.54. The van der Waals surface area contributed by atoms with Gasteiger partial charge in [0, 0.05) is 12.1 Å². The fourth-order valence-corrected chi connectivity index (χ4v) is 1.74. The first-order valence-corrected chi connectivity index (χ1v) is 6.32. The molecule has 0 spiro atoms. The second-order valence-electron chi connectivity index (χ2n) is 4.53. The van der Waals surface area contributed by atoms with Gasteiger partial charge in [-0.05, 0) is 49.6 Å². The van der Waals surface area contributed by atoms with Crippen molar-refractivity contribution in [1.29, 1.82) is 0 Å². The molecule has 0 aliphatic rings. The summed E-state index contributed by atoms with van der Waals surface area (Å²) in [6.07, 6.45) is 1.32. The van der Waals surface area contributed by atoms with Crippen LogP contribution >= 0.6 is 0 Å². The van der Waals surface area contributed by atoms with Gasteiger partial charge in [0.05, 0.1) is 6.10 Å². The summed E-state index contributed by atoms with van der Waals surface area (Å²) in [6.45, 7) is 5.45. The van der Waals surface area contributed by atoms with Crippen molar-refractivity contribution in [1.82, 2.24) is 5.32 Å². The molecule has 4 nitrogen and oxygen atoms in total. The Hall–Kier alpha value is -1.39. The van der Waals surface area contributed by atoms with Crippen LogP contribution in [0.5, 0.6) is 0 Å². The highest BCUT2D eigenvalue weighted by atomic mass is 16.3. The van der Waals surface area contributed by atoms with E-state index in [4.69, 9.17) is 5.73 Å². The van der Waals surface area contributed by atoms with Crippen LogP contribution in [-0.2, 0) is 6.54 Å². The van der Waals surface area contributed by atoms with Gasteiger partial charge in [-0.15, -0.1) is 0 Å². The lowest BCUT2D eigenvalue weighted by Crippen LogP contribution is -2.20. The minimum absolute atomic E-state index is 0.226. The molecule has 4 N–H and O–H groups in total. The van der Waals surface area contributed by atoms with Crippen molar-refractivity contribution in [2.45, 2.75) is 39.3 Å². The maximum atomic E-state index is 11.0. The third-order valence-electron chi connectivity index (χ3n) is 3.07. The van der Waals surface area contributed by atoms with Crippen molar-refractivity contribution in [3.63, 3.8) is 0 Å². The van der Waals surface area contributed by atoms with E-state index in [9.17, 15) is 9.90 Å². The van der Waals surface area contributed by atoms with Crippen LogP contribution in [0.2, 0.25) is 0 Å². The molecule has 0 aliphatic carbocycles. The van der Waals surface area contributed by atoms with Gasteiger partial charge in [-0.2, -0.15) is 0 Å². The number of nitrogens with two attached hydrogens (primary N) is 1. The number of amides is 1. The highest BCUT2D eigenvalue weighted by Gasteiger charge is 2.04. The standard InChI is InChI=1S/C14H22N2O2/c1-3-13(17)6-7-16-9-12-5-4-11(14(15)18)8-10(12)2/h4-5,8,13,16-17H,3,6-7,9H2,1-2H3,(H2,15,18). The van der Waals surface area contributed by atoms with Crippen LogP contribution in [0.4, 0.5) is 0 Å². The summed E-state index contributed by atoms with van der Waals surface area (Å²) in [7, 11) is 0. The SMILES string of the molecule is CCC(O)CCNCc1ccc(C(N)=O)cc1C. The Labute approximate surface area is 108 Å². The number of primary amides is 1. The molecule has 0 aliphatic heterocycles. The maximum absolute atomic E-state index is 11.0. The lowest BCUT2D eigenvalue weighted by molar-refractivity contribution is 0.1000. The molecule has 100 valence electrons. The molecule has 0 heterocycles. The average Bonchev–Trinajstić information content (AvgIpc) is 2.35. The highest BCUT2D eigenvalue weighted by Crippen LogP contribution is 2.10. The van der Waals surface area contributed by atoms with E-state index in [-0.39, 0.29) is 6.10 Å². The van der Waals surface area contributed by atoms with Gasteiger partial charge in [-0.1, -0.05) is 13.0 Å². The van der Waals surface area contributed by atoms with Gasteiger partial charge in [0.2, 0.25) is 5.91 Å². The quantitative estimate of drug-likeness (QED) is 0.639. The van der Waals surface area contributed by atoms with Gasteiger partial charge in [0.15, 0.2) is 0 Å². The van der Waals surface area contributed by atoms with Crippen molar-refractivity contribution < 1.29 is 9.90 Å². The molecule has 1 aromatic rings. The largest absolute Gasteiger partial charge is 0.393 e. The monoisotopic (exact) mass is 250 g/mol. The van der Waals surface area contributed by atoms with Crippen LogP contribution in [0, 0.1) is 6.92 Å². The number of hydrogen-bond donors (Lipinski definition) is 3. The molecule has 1 unspecified atom stereocenters. The zero-order chi connectivity index (χ0) is 13.5. The minimum Gasteiger partial charge on any atom is -0.393 e. The number of benzene rings is 1. The van der Waals surface area contributed by atoms with E-state index in [1.54, 1.807) is 12.1 Å². The van der Waals surface area contributed by atoms with Crippen LogP contribution in [0.1, 0.15) is 41.3 Å².